The Kier molecular flexibility index (Phi) is 4.71. The van der Waals surface area contributed by atoms with E-state index >= 15 is 0 Å². The lowest BCUT2D eigenvalue weighted by Crippen LogP contribution is -2.29. The molecule has 2 heterocycles. The standard InChI is InChI=1S/C17H17NO5S/c1-10-3-6-15(24-10)17(20)23-11(2)16(19)18-12-4-5-13-14(9-12)22-8-7-21-13/h3-6,9,11H,7-8H2,1-2H3,(H,18,19)/t11-/m0/s1. The van der Waals surface area contributed by atoms with E-state index in [1.807, 2.05) is 13.0 Å². The lowest BCUT2D eigenvalue weighted by atomic mass is 10.2. The highest BCUT2D eigenvalue weighted by Crippen LogP contribution is 2.32. The molecule has 1 aliphatic rings. The molecule has 1 amide bonds. The zero-order valence-corrected chi connectivity index (χ0v) is 14.1. The van der Waals surface area contributed by atoms with E-state index in [1.54, 1.807) is 24.3 Å². The summed E-state index contributed by atoms with van der Waals surface area (Å²) in [5, 5.41) is 2.71. The zero-order chi connectivity index (χ0) is 17.1. The Morgan fingerprint density at radius 3 is 2.62 bits per heavy atom. The summed E-state index contributed by atoms with van der Waals surface area (Å²) in [6.45, 7) is 4.41. The molecule has 1 N–H and O–H groups in total. The van der Waals surface area contributed by atoms with Crippen molar-refractivity contribution < 1.29 is 23.8 Å². The number of esters is 1. The van der Waals surface area contributed by atoms with Crippen molar-refractivity contribution in [3.8, 4) is 11.5 Å². The smallest absolute Gasteiger partial charge is 0.349 e. The van der Waals surface area contributed by atoms with Crippen LogP contribution in [0.15, 0.2) is 30.3 Å². The maximum absolute atomic E-state index is 12.2. The highest BCUT2D eigenvalue weighted by atomic mass is 32.1. The van der Waals surface area contributed by atoms with Crippen molar-refractivity contribution in [1.82, 2.24) is 0 Å². The number of fused-ring (bicyclic) bond motifs is 1. The first-order valence-electron chi connectivity index (χ1n) is 7.51. The second-order valence-corrected chi connectivity index (χ2v) is 6.59. The monoisotopic (exact) mass is 347 g/mol. The minimum absolute atomic E-state index is 0.409. The molecule has 0 saturated carbocycles. The van der Waals surface area contributed by atoms with Gasteiger partial charge in [-0.15, -0.1) is 11.3 Å². The minimum atomic E-state index is -0.909. The number of benzene rings is 1. The van der Waals surface area contributed by atoms with Crippen molar-refractivity contribution in [2.45, 2.75) is 20.0 Å². The van der Waals surface area contributed by atoms with Crippen molar-refractivity contribution in [2.75, 3.05) is 18.5 Å². The predicted molar refractivity (Wildman–Crippen MR) is 90.0 cm³/mol. The molecule has 3 rings (SSSR count). The van der Waals surface area contributed by atoms with E-state index in [1.165, 1.54) is 18.3 Å². The second-order valence-electron chi connectivity index (χ2n) is 5.31. The Hall–Kier alpha value is -2.54. The van der Waals surface area contributed by atoms with Gasteiger partial charge in [0.15, 0.2) is 17.6 Å². The van der Waals surface area contributed by atoms with E-state index in [2.05, 4.69) is 5.32 Å². The number of aryl methyl sites for hydroxylation is 1. The average Bonchev–Trinajstić information content (AvgIpc) is 3.01. The van der Waals surface area contributed by atoms with E-state index in [-0.39, 0.29) is 0 Å². The zero-order valence-electron chi connectivity index (χ0n) is 13.3. The van der Waals surface area contributed by atoms with Crippen LogP contribution in [0.5, 0.6) is 11.5 Å². The number of nitrogens with one attached hydrogen (secondary N) is 1. The quantitative estimate of drug-likeness (QED) is 0.861. The third kappa shape index (κ3) is 3.68. The van der Waals surface area contributed by atoms with Gasteiger partial charge in [0.2, 0.25) is 0 Å². The molecule has 0 fully saturated rings. The summed E-state index contributed by atoms with van der Waals surface area (Å²) in [5.41, 5.74) is 0.555. The molecule has 1 aromatic carbocycles. The van der Waals surface area contributed by atoms with Crippen LogP contribution in [0.4, 0.5) is 5.69 Å². The fourth-order valence-electron chi connectivity index (χ4n) is 2.18. The molecule has 2 aromatic rings. The van der Waals surface area contributed by atoms with Gasteiger partial charge in [0.1, 0.15) is 18.1 Å². The van der Waals surface area contributed by atoms with E-state index in [4.69, 9.17) is 14.2 Å². The van der Waals surface area contributed by atoms with Gasteiger partial charge in [-0.1, -0.05) is 0 Å². The third-order valence-electron chi connectivity index (χ3n) is 3.40. The van der Waals surface area contributed by atoms with Crippen LogP contribution in [-0.4, -0.2) is 31.2 Å². The topological polar surface area (TPSA) is 73.9 Å². The van der Waals surface area contributed by atoms with Gasteiger partial charge in [0.05, 0.1) is 0 Å². The molecule has 1 aromatic heterocycles. The molecule has 0 spiro atoms. The SMILES string of the molecule is Cc1ccc(C(=O)O[C@@H](C)C(=O)Nc2ccc3c(c2)OCCO3)s1. The maximum Gasteiger partial charge on any atom is 0.349 e. The van der Waals surface area contributed by atoms with Crippen LogP contribution < -0.4 is 14.8 Å². The number of anilines is 1. The molecule has 0 saturated heterocycles. The number of hydrogen-bond donors (Lipinski definition) is 1. The largest absolute Gasteiger partial charge is 0.486 e. The lowest BCUT2D eigenvalue weighted by Gasteiger charge is -2.19. The van der Waals surface area contributed by atoms with Gasteiger partial charge in [-0.2, -0.15) is 0 Å². The van der Waals surface area contributed by atoms with Gasteiger partial charge in [0.25, 0.3) is 5.91 Å². The molecule has 126 valence electrons. The summed E-state index contributed by atoms with van der Waals surface area (Å²) >= 11 is 1.33. The molecule has 0 unspecified atom stereocenters. The summed E-state index contributed by atoms with van der Waals surface area (Å²) in [4.78, 5) is 25.7. The first kappa shape index (κ1) is 16.3. The maximum atomic E-state index is 12.2. The third-order valence-corrected chi connectivity index (χ3v) is 4.39. The highest BCUT2D eigenvalue weighted by Gasteiger charge is 2.21. The molecular formula is C17H17NO5S. The Bertz CT molecular complexity index is 770. The van der Waals surface area contributed by atoms with E-state index < -0.39 is 18.0 Å². The molecule has 0 radical (unpaired) electrons. The van der Waals surface area contributed by atoms with E-state index in [0.717, 1.165) is 4.88 Å². The Balaban J connectivity index is 1.60. The number of carbonyl (C=O) groups excluding carboxylic acids is 2. The fraction of sp³-hybridized carbons (Fsp3) is 0.294. The second kappa shape index (κ2) is 6.92. The Morgan fingerprint density at radius 1 is 1.17 bits per heavy atom. The van der Waals surface area contributed by atoms with Crippen LogP contribution in [0.3, 0.4) is 0 Å². The summed E-state index contributed by atoms with van der Waals surface area (Å²) in [6.07, 6.45) is -0.909. The molecule has 1 atom stereocenters. The van der Waals surface area contributed by atoms with Gasteiger partial charge in [-0.3, -0.25) is 4.79 Å². The van der Waals surface area contributed by atoms with E-state index in [9.17, 15) is 9.59 Å². The molecule has 6 nitrogen and oxygen atoms in total. The van der Waals surface area contributed by atoms with Crippen molar-refractivity contribution in [3.63, 3.8) is 0 Å². The van der Waals surface area contributed by atoms with Gasteiger partial charge in [-0.25, -0.2) is 4.79 Å². The first-order valence-corrected chi connectivity index (χ1v) is 8.32. The Morgan fingerprint density at radius 2 is 1.92 bits per heavy atom. The predicted octanol–water partition coefficient (Wildman–Crippen LogP) is 3.01. The average molecular weight is 347 g/mol. The van der Waals surface area contributed by atoms with Gasteiger partial charge < -0.3 is 19.5 Å². The first-order chi connectivity index (χ1) is 11.5. The summed E-state index contributed by atoms with van der Waals surface area (Å²) < 4.78 is 16.1. The van der Waals surface area contributed by atoms with Crippen molar-refractivity contribution in [2.24, 2.45) is 0 Å². The highest BCUT2D eigenvalue weighted by molar-refractivity contribution is 7.13. The summed E-state index contributed by atoms with van der Waals surface area (Å²) in [5.74, 6) is 0.316. The van der Waals surface area contributed by atoms with Gasteiger partial charge >= 0.3 is 5.97 Å². The minimum Gasteiger partial charge on any atom is -0.486 e. The summed E-state index contributed by atoms with van der Waals surface area (Å²) in [6, 6.07) is 8.65. The van der Waals surface area contributed by atoms with Crippen molar-refractivity contribution in [3.05, 3.63) is 40.1 Å². The molecule has 7 heteroatoms. The number of carbonyl (C=O) groups is 2. The van der Waals surface area contributed by atoms with Crippen molar-refractivity contribution in [1.29, 1.82) is 0 Å². The molecule has 0 bridgehead atoms. The van der Waals surface area contributed by atoms with E-state index in [0.29, 0.717) is 35.3 Å². The normalized spacial score (nSPS) is 13.9. The van der Waals surface area contributed by atoms with Gasteiger partial charge in [0, 0.05) is 16.6 Å². The molecule has 24 heavy (non-hydrogen) atoms. The van der Waals surface area contributed by atoms with Crippen LogP contribution in [0.2, 0.25) is 0 Å². The summed E-state index contributed by atoms with van der Waals surface area (Å²) in [7, 11) is 0. The molecular weight excluding hydrogens is 330 g/mol. The van der Waals surface area contributed by atoms with Crippen LogP contribution in [-0.2, 0) is 9.53 Å². The fourth-order valence-corrected chi connectivity index (χ4v) is 2.93. The number of ether oxygens (including phenoxy) is 3. The Labute approximate surface area is 143 Å². The molecule has 0 aliphatic carbocycles. The number of thiophene rings is 1. The van der Waals surface area contributed by atoms with Gasteiger partial charge in [-0.05, 0) is 38.1 Å². The van der Waals surface area contributed by atoms with Crippen molar-refractivity contribution >= 4 is 28.9 Å². The van der Waals surface area contributed by atoms with Crippen LogP contribution in [0.25, 0.3) is 0 Å². The number of amides is 1. The number of rotatable bonds is 4. The van der Waals surface area contributed by atoms with Crippen LogP contribution in [0.1, 0.15) is 21.5 Å². The molecule has 1 aliphatic heterocycles. The van der Waals surface area contributed by atoms with Crippen LogP contribution in [0, 0.1) is 6.92 Å². The number of hydrogen-bond acceptors (Lipinski definition) is 6. The lowest BCUT2D eigenvalue weighted by molar-refractivity contribution is -0.123. The van der Waals surface area contributed by atoms with Crippen LogP contribution >= 0.6 is 11.3 Å².